The second-order valence-electron chi connectivity index (χ2n) is 5.50. The Bertz CT molecular complexity index is 1190. The summed E-state index contributed by atoms with van der Waals surface area (Å²) in [6.45, 7) is -0.252. The lowest BCUT2D eigenvalue weighted by Gasteiger charge is -2.04. The number of nitro groups is 1. The molecule has 0 N–H and O–H groups in total. The van der Waals surface area contributed by atoms with Crippen LogP contribution in [-0.4, -0.2) is 28.5 Å². The summed E-state index contributed by atoms with van der Waals surface area (Å²) in [7, 11) is 1.21. The molecule has 0 aliphatic rings. The minimum Gasteiger partial charge on any atom is -0.468 e. The fourth-order valence-electron chi connectivity index (χ4n) is 2.42. The first kappa shape index (κ1) is 19.6. The van der Waals surface area contributed by atoms with Gasteiger partial charge in [-0.25, -0.2) is 4.39 Å². The standard InChI is InChI=1S/C17H11ClFN3O5S/c1-27-15(23)8-21-13-5-3-10(22(25)26)7-14(13)28-17(21)20-16(24)11-4-2-9(19)6-12(11)18/h2-7H,8H2,1H3. The Morgan fingerprint density at radius 2 is 2.07 bits per heavy atom. The van der Waals surface area contributed by atoms with E-state index in [-0.39, 0.29) is 27.6 Å². The maximum Gasteiger partial charge on any atom is 0.325 e. The van der Waals surface area contributed by atoms with Crippen molar-refractivity contribution in [2.24, 2.45) is 4.99 Å². The Balaban J connectivity index is 2.18. The fourth-order valence-corrected chi connectivity index (χ4v) is 3.73. The second-order valence-corrected chi connectivity index (χ2v) is 6.91. The molecule has 1 amide bonds. The highest BCUT2D eigenvalue weighted by atomic mass is 35.5. The van der Waals surface area contributed by atoms with Crippen LogP contribution < -0.4 is 4.80 Å². The van der Waals surface area contributed by atoms with Gasteiger partial charge in [0.05, 0.1) is 32.8 Å². The summed E-state index contributed by atoms with van der Waals surface area (Å²) in [6.07, 6.45) is 0. The van der Waals surface area contributed by atoms with Gasteiger partial charge < -0.3 is 9.30 Å². The maximum atomic E-state index is 13.2. The lowest BCUT2D eigenvalue weighted by molar-refractivity contribution is -0.384. The highest BCUT2D eigenvalue weighted by Gasteiger charge is 2.16. The molecular formula is C17H11ClFN3O5S. The minimum atomic E-state index is -0.746. The molecule has 3 aromatic rings. The number of carbonyl (C=O) groups excluding carboxylic acids is 2. The molecule has 0 aliphatic carbocycles. The number of carbonyl (C=O) groups is 2. The van der Waals surface area contributed by atoms with E-state index in [0.717, 1.165) is 23.5 Å². The molecule has 8 nitrogen and oxygen atoms in total. The SMILES string of the molecule is COC(=O)Cn1c(=NC(=O)c2ccc(F)cc2Cl)sc2cc([N+](=O)[O-])ccc21. The lowest BCUT2D eigenvalue weighted by Crippen LogP contribution is -2.22. The largest absolute Gasteiger partial charge is 0.468 e. The van der Waals surface area contributed by atoms with Crippen LogP contribution in [0, 0.1) is 15.9 Å². The minimum absolute atomic E-state index is 0.0175. The summed E-state index contributed by atoms with van der Waals surface area (Å²) in [5.74, 6) is -1.94. The van der Waals surface area contributed by atoms with Crippen LogP contribution in [-0.2, 0) is 16.1 Å². The third-order valence-corrected chi connectivity index (χ3v) is 5.10. The van der Waals surface area contributed by atoms with Crippen molar-refractivity contribution in [3.8, 4) is 0 Å². The third-order valence-electron chi connectivity index (χ3n) is 3.75. The van der Waals surface area contributed by atoms with Crippen molar-refractivity contribution in [2.45, 2.75) is 6.54 Å². The van der Waals surface area contributed by atoms with Gasteiger partial charge in [0.1, 0.15) is 12.4 Å². The molecule has 0 saturated carbocycles. The molecule has 1 aromatic heterocycles. The number of aromatic nitrogens is 1. The molecule has 0 fully saturated rings. The lowest BCUT2D eigenvalue weighted by atomic mass is 10.2. The summed E-state index contributed by atoms with van der Waals surface area (Å²) < 4.78 is 19.7. The van der Waals surface area contributed by atoms with Crippen molar-refractivity contribution in [1.29, 1.82) is 0 Å². The van der Waals surface area contributed by atoms with E-state index >= 15 is 0 Å². The first-order valence-electron chi connectivity index (χ1n) is 7.69. The zero-order chi connectivity index (χ0) is 20.4. The maximum absolute atomic E-state index is 13.2. The molecule has 0 spiro atoms. The smallest absolute Gasteiger partial charge is 0.325 e. The van der Waals surface area contributed by atoms with Gasteiger partial charge >= 0.3 is 5.97 Å². The van der Waals surface area contributed by atoms with Crippen molar-refractivity contribution in [3.63, 3.8) is 0 Å². The molecule has 2 aromatic carbocycles. The summed E-state index contributed by atoms with van der Waals surface area (Å²) in [4.78, 5) is 38.8. The molecule has 11 heteroatoms. The highest BCUT2D eigenvalue weighted by molar-refractivity contribution is 7.16. The Morgan fingerprint density at radius 1 is 1.32 bits per heavy atom. The van der Waals surface area contributed by atoms with E-state index < -0.39 is 22.6 Å². The van der Waals surface area contributed by atoms with Gasteiger partial charge in [0.15, 0.2) is 4.80 Å². The zero-order valence-electron chi connectivity index (χ0n) is 14.2. The highest BCUT2D eigenvalue weighted by Crippen LogP contribution is 2.24. The molecular weight excluding hydrogens is 413 g/mol. The average molecular weight is 424 g/mol. The van der Waals surface area contributed by atoms with Crippen LogP contribution in [0.4, 0.5) is 10.1 Å². The molecule has 0 atom stereocenters. The second kappa shape index (κ2) is 7.87. The van der Waals surface area contributed by atoms with Gasteiger partial charge in [-0.15, -0.1) is 0 Å². The van der Waals surface area contributed by atoms with Crippen LogP contribution in [0.5, 0.6) is 0 Å². The van der Waals surface area contributed by atoms with Crippen molar-refractivity contribution < 1.29 is 23.6 Å². The Kier molecular flexibility index (Phi) is 5.52. The number of amides is 1. The van der Waals surface area contributed by atoms with Gasteiger partial charge in [-0.2, -0.15) is 4.99 Å². The van der Waals surface area contributed by atoms with E-state index in [1.807, 2.05) is 0 Å². The van der Waals surface area contributed by atoms with Gasteiger partial charge in [-0.1, -0.05) is 22.9 Å². The first-order chi connectivity index (χ1) is 13.3. The van der Waals surface area contributed by atoms with Crippen molar-refractivity contribution >= 4 is 50.7 Å². The number of fused-ring (bicyclic) bond motifs is 1. The number of hydrogen-bond donors (Lipinski definition) is 0. The van der Waals surface area contributed by atoms with Crippen LogP contribution in [0.3, 0.4) is 0 Å². The number of methoxy groups -OCH3 is 1. The predicted octanol–water partition coefficient (Wildman–Crippen LogP) is 3.32. The molecule has 1 heterocycles. The van der Waals surface area contributed by atoms with Crippen LogP contribution in [0.15, 0.2) is 41.4 Å². The first-order valence-corrected chi connectivity index (χ1v) is 8.88. The molecule has 28 heavy (non-hydrogen) atoms. The molecule has 0 saturated heterocycles. The number of non-ortho nitro benzene ring substituents is 1. The molecule has 0 radical (unpaired) electrons. The number of hydrogen-bond acceptors (Lipinski definition) is 6. The van der Waals surface area contributed by atoms with E-state index in [2.05, 4.69) is 9.73 Å². The molecule has 0 unspecified atom stereocenters. The number of halogens is 2. The van der Waals surface area contributed by atoms with Gasteiger partial charge in [0.2, 0.25) is 0 Å². The normalized spacial score (nSPS) is 11.6. The summed E-state index contributed by atoms with van der Waals surface area (Å²) in [5, 5.41) is 10.9. The zero-order valence-corrected chi connectivity index (χ0v) is 15.8. The van der Waals surface area contributed by atoms with Gasteiger partial charge in [-0.05, 0) is 24.3 Å². The quantitative estimate of drug-likeness (QED) is 0.363. The Hall–Kier alpha value is -3.11. The topological polar surface area (TPSA) is 104 Å². The van der Waals surface area contributed by atoms with E-state index in [1.54, 1.807) is 0 Å². The number of nitrogens with zero attached hydrogens (tertiary/aromatic N) is 3. The van der Waals surface area contributed by atoms with Gasteiger partial charge in [0, 0.05) is 12.1 Å². The Labute approximate surface area is 165 Å². The summed E-state index contributed by atoms with van der Waals surface area (Å²) >= 11 is 6.88. The monoisotopic (exact) mass is 423 g/mol. The number of benzene rings is 2. The van der Waals surface area contributed by atoms with Crippen LogP contribution in [0.1, 0.15) is 10.4 Å². The average Bonchev–Trinajstić information content (AvgIpc) is 2.97. The van der Waals surface area contributed by atoms with E-state index in [0.29, 0.717) is 10.2 Å². The number of thiazole rings is 1. The van der Waals surface area contributed by atoms with Crippen LogP contribution >= 0.6 is 22.9 Å². The van der Waals surface area contributed by atoms with Gasteiger partial charge in [0.25, 0.3) is 11.6 Å². The molecule has 3 rings (SSSR count). The number of esters is 1. The number of nitro benzene ring substituents is 1. The summed E-state index contributed by atoms with van der Waals surface area (Å²) in [6, 6.07) is 7.33. The van der Waals surface area contributed by atoms with Crippen molar-refractivity contribution in [3.05, 3.63) is 67.7 Å². The fraction of sp³-hybridized carbons (Fsp3) is 0.118. The molecule has 0 bridgehead atoms. The van der Waals surface area contributed by atoms with Crippen LogP contribution in [0.2, 0.25) is 5.02 Å². The number of ether oxygens (including phenoxy) is 1. The van der Waals surface area contributed by atoms with Gasteiger partial charge in [-0.3, -0.25) is 19.7 Å². The van der Waals surface area contributed by atoms with E-state index in [9.17, 15) is 24.1 Å². The predicted molar refractivity (Wildman–Crippen MR) is 99.8 cm³/mol. The third kappa shape index (κ3) is 3.92. The Morgan fingerprint density at radius 3 is 2.71 bits per heavy atom. The van der Waals surface area contributed by atoms with E-state index in [4.69, 9.17) is 11.6 Å². The van der Waals surface area contributed by atoms with E-state index in [1.165, 1.54) is 35.9 Å². The summed E-state index contributed by atoms with van der Waals surface area (Å²) in [5.41, 5.74) is 0.312. The van der Waals surface area contributed by atoms with Crippen molar-refractivity contribution in [1.82, 2.24) is 4.57 Å². The number of rotatable bonds is 4. The molecule has 0 aliphatic heterocycles. The molecule has 144 valence electrons. The van der Waals surface area contributed by atoms with Crippen LogP contribution in [0.25, 0.3) is 10.2 Å². The van der Waals surface area contributed by atoms with Crippen molar-refractivity contribution in [2.75, 3.05) is 7.11 Å².